The Kier molecular flexibility index (Phi) is 5.00. The van der Waals surface area contributed by atoms with Crippen LogP contribution in [0.4, 0.5) is 0 Å². The number of rotatable bonds is 3. The Balaban J connectivity index is 1.84. The van der Waals surface area contributed by atoms with E-state index in [9.17, 15) is 9.59 Å². The third-order valence-corrected chi connectivity index (χ3v) is 7.01. The number of Topliss-reactive ketones (excluding diaryl/α,β-unsaturated/α-hetero) is 1. The lowest BCUT2D eigenvalue weighted by Gasteiger charge is -2.44. The number of carbonyl (C=O) groups excluding carboxylic acids is 2. The molecule has 29 heavy (non-hydrogen) atoms. The molecular weight excluding hydrogens is 394 g/mol. The van der Waals surface area contributed by atoms with Gasteiger partial charge in [-0.1, -0.05) is 43.6 Å². The summed E-state index contributed by atoms with van der Waals surface area (Å²) >= 11 is 6.76. The van der Waals surface area contributed by atoms with Crippen molar-refractivity contribution in [2.75, 3.05) is 20.3 Å². The van der Waals surface area contributed by atoms with Crippen molar-refractivity contribution in [3.05, 3.63) is 35.0 Å². The number of hydrogen-bond donors (Lipinski definition) is 0. The van der Waals surface area contributed by atoms with Crippen LogP contribution in [0.5, 0.6) is 0 Å². The van der Waals surface area contributed by atoms with Crippen LogP contribution in [0.2, 0.25) is 5.15 Å². The summed E-state index contributed by atoms with van der Waals surface area (Å²) in [5, 5.41) is 1.59. The highest BCUT2D eigenvalue weighted by atomic mass is 35.5. The van der Waals surface area contributed by atoms with Crippen LogP contribution in [-0.4, -0.2) is 42.4 Å². The summed E-state index contributed by atoms with van der Waals surface area (Å²) < 4.78 is 18.7. The van der Waals surface area contributed by atoms with Gasteiger partial charge in [-0.25, -0.2) is 0 Å². The highest BCUT2D eigenvalue weighted by Gasteiger charge is 2.56. The van der Waals surface area contributed by atoms with Crippen LogP contribution in [0.1, 0.15) is 32.3 Å². The SMILES string of the molecule is COC(=O)C1CC2(CC(C(C)(C)c3c(Cl)n(C)c4ccccc34)C1=O)OCCO2. The molecule has 1 aromatic carbocycles. The lowest BCUT2D eigenvalue weighted by molar-refractivity contribution is -0.206. The molecule has 2 atom stereocenters. The maximum Gasteiger partial charge on any atom is 0.316 e. The molecule has 4 rings (SSSR count). The van der Waals surface area contributed by atoms with Crippen molar-refractivity contribution in [3.8, 4) is 0 Å². The van der Waals surface area contributed by atoms with Crippen molar-refractivity contribution in [2.45, 2.75) is 37.9 Å². The molecule has 2 aromatic rings. The standard InChI is InChI=1S/C22H26ClNO5/c1-21(2,17-13-7-5-6-8-16(13)24(3)19(17)23)15-12-22(28-9-10-29-22)11-14(18(15)25)20(26)27-4/h5-8,14-15H,9-12H2,1-4H3. The summed E-state index contributed by atoms with van der Waals surface area (Å²) in [7, 11) is 3.21. The highest BCUT2D eigenvalue weighted by Crippen LogP contribution is 2.50. The van der Waals surface area contributed by atoms with Crippen LogP contribution in [0.15, 0.2) is 24.3 Å². The highest BCUT2D eigenvalue weighted by molar-refractivity contribution is 6.32. The molecule has 2 aliphatic rings. The third-order valence-electron chi connectivity index (χ3n) is 6.57. The fraction of sp³-hybridized carbons (Fsp3) is 0.545. The smallest absolute Gasteiger partial charge is 0.316 e. The Morgan fingerprint density at radius 2 is 1.90 bits per heavy atom. The lowest BCUT2D eigenvalue weighted by Crippen LogP contribution is -2.53. The number of aromatic nitrogens is 1. The average molecular weight is 420 g/mol. The number of benzene rings is 1. The van der Waals surface area contributed by atoms with E-state index in [1.807, 2.05) is 49.7 Å². The molecule has 1 aliphatic carbocycles. The van der Waals surface area contributed by atoms with Crippen LogP contribution >= 0.6 is 11.6 Å². The van der Waals surface area contributed by atoms with Gasteiger partial charge in [0, 0.05) is 47.7 Å². The zero-order valence-electron chi connectivity index (χ0n) is 17.2. The summed E-state index contributed by atoms with van der Waals surface area (Å²) in [5.41, 5.74) is 1.25. The predicted molar refractivity (Wildman–Crippen MR) is 109 cm³/mol. The fourth-order valence-corrected chi connectivity index (χ4v) is 5.42. The molecule has 2 heterocycles. The van der Waals surface area contributed by atoms with E-state index >= 15 is 0 Å². The minimum absolute atomic E-state index is 0.143. The first-order chi connectivity index (χ1) is 13.7. The van der Waals surface area contributed by atoms with Gasteiger partial charge < -0.3 is 18.8 Å². The van der Waals surface area contributed by atoms with E-state index in [-0.39, 0.29) is 12.2 Å². The first kappa shape index (κ1) is 20.4. The first-order valence-electron chi connectivity index (χ1n) is 9.85. The Labute approximate surface area is 175 Å². The van der Waals surface area contributed by atoms with E-state index in [4.69, 9.17) is 25.8 Å². The molecule has 1 saturated carbocycles. The number of nitrogens with zero attached hydrogens (tertiary/aromatic N) is 1. The van der Waals surface area contributed by atoms with E-state index in [0.29, 0.717) is 24.8 Å². The van der Waals surface area contributed by atoms with E-state index in [1.54, 1.807) is 0 Å². The number of aryl methyl sites for hydroxylation is 1. The van der Waals surface area contributed by atoms with Crippen molar-refractivity contribution in [1.29, 1.82) is 0 Å². The molecule has 2 fully saturated rings. The molecule has 6 nitrogen and oxygen atoms in total. The zero-order valence-corrected chi connectivity index (χ0v) is 17.9. The number of para-hydroxylation sites is 1. The van der Waals surface area contributed by atoms with Gasteiger partial charge in [0.15, 0.2) is 11.6 Å². The molecule has 1 aliphatic heterocycles. The number of halogens is 1. The molecule has 0 radical (unpaired) electrons. The maximum absolute atomic E-state index is 13.5. The summed E-state index contributed by atoms with van der Waals surface area (Å²) in [4.78, 5) is 25.9. The van der Waals surface area contributed by atoms with Crippen molar-refractivity contribution in [1.82, 2.24) is 4.57 Å². The van der Waals surface area contributed by atoms with Gasteiger partial charge in [-0.15, -0.1) is 0 Å². The summed E-state index contributed by atoms with van der Waals surface area (Å²) in [6, 6.07) is 7.94. The van der Waals surface area contributed by atoms with Crippen molar-refractivity contribution < 1.29 is 23.8 Å². The molecule has 1 saturated heterocycles. The summed E-state index contributed by atoms with van der Waals surface area (Å²) in [6.45, 7) is 4.91. The van der Waals surface area contributed by atoms with Crippen molar-refractivity contribution >= 4 is 34.3 Å². The first-order valence-corrected chi connectivity index (χ1v) is 10.2. The average Bonchev–Trinajstić information content (AvgIpc) is 3.26. The minimum atomic E-state index is -0.939. The number of hydrogen-bond acceptors (Lipinski definition) is 5. The Hall–Kier alpha value is -1.89. The molecule has 7 heteroatoms. The minimum Gasteiger partial charge on any atom is -0.468 e. The van der Waals surface area contributed by atoms with Crippen LogP contribution in [0, 0.1) is 11.8 Å². The molecule has 1 spiro atoms. The molecule has 1 aromatic heterocycles. The van der Waals surface area contributed by atoms with Crippen LogP contribution in [-0.2, 0) is 36.3 Å². The quantitative estimate of drug-likeness (QED) is 0.561. The third kappa shape index (κ3) is 3.09. The lowest BCUT2D eigenvalue weighted by atomic mass is 9.62. The van der Waals surface area contributed by atoms with Crippen LogP contribution in [0.25, 0.3) is 10.9 Å². The Morgan fingerprint density at radius 1 is 1.24 bits per heavy atom. The number of ether oxygens (including phenoxy) is 3. The summed E-state index contributed by atoms with van der Waals surface area (Å²) in [6.07, 6.45) is 0.570. The van der Waals surface area contributed by atoms with Gasteiger partial charge in [-0.3, -0.25) is 9.59 Å². The van der Waals surface area contributed by atoms with Crippen LogP contribution in [0.3, 0.4) is 0 Å². The monoisotopic (exact) mass is 419 g/mol. The van der Waals surface area contributed by atoms with Gasteiger partial charge in [-0.2, -0.15) is 0 Å². The van der Waals surface area contributed by atoms with Gasteiger partial charge in [0.05, 0.1) is 20.3 Å². The van der Waals surface area contributed by atoms with Gasteiger partial charge >= 0.3 is 5.97 Å². The number of esters is 1. The molecule has 0 N–H and O–H groups in total. The molecule has 156 valence electrons. The second kappa shape index (κ2) is 7.11. The largest absolute Gasteiger partial charge is 0.468 e. The van der Waals surface area contributed by atoms with E-state index in [1.165, 1.54) is 7.11 Å². The fourth-order valence-electron chi connectivity index (χ4n) is 4.98. The Bertz CT molecular complexity index is 973. The van der Waals surface area contributed by atoms with E-state index in [0.717, 1.165) is 16.5 Å². The molecule has 0 amide bonds. The van der Waals surface area contributed by atoms with E-state index in [2.05, 4.69) is 0 Å². The van der Waals surface area contributed by atoms with E-state index < -0.39 is 29.0 Å². The number of carbonyl (C=O) groups is 2. The second-order valence-electron chi connectivity index (χ2n) is 8.51. The van der Waals surface area contributed by atoms with Crippen LogP contribution < -0.4 is 0 Å². The second-order valence-corrected chi connectivity index (χ2v) is 8.87. The maximum atomic E-state index is 13.5. The van der Waals surface area contributed by atoms with Gasteiger partial charge in [0.2, 0.25) is 0 Å². The number of ketones is 1. The van der Waals surface area contributed by atoms with Gasteiger partial charge in [0.25, 0.3) is 0 Å². The molecule has 2 unspecified atom stereocenters. The van der Waals surface area contributed by atoms with Gasteiger partial charge in [-0.05, 0) is 6.07 Å². The Morgan fingerprint density at radius 3 is 2.55 bits per heavy atom. The zero-order chi connectivity index (χ0) is 21.0. The molecular formula is C22H26ClNO5. The predicted octanol–water partition coefficient (Wildman–Crippen LogP) is 3.62. The van der Waals surface area contributed by atoms with Crippen molar-refractivity contribution in [3.63, 3.8) is 0 Å². The number of fused-ring (bicyclic) bond motifs is 1. The normalized spacial score (nSPS) is 24.4. The van der Waals surface area contributed by atoms with Crippen molar-refractivity contribution in [2.24, 2.45) is 18.9 Å². The number of methoxy groups -OCH3 is 1. The summed E-state index contributed by atoms with van der Waals surface area (Å²) in [5.74, 6) is -3.05. The van der Waals surface area contributed by atoms with Gasteiger partial charge in [0.1, 0.15) is 11.1 Å². The molecule has 0 bridgehead atoms. The topological polar surface area (TPSA) is 66.8 Å².